The fourth-order valence-electron chi connectivity index (χ4n) is 3.09. The minimum Gasteiger partial charge on any atom is -0.481 e. The number of aliphatic hydroxyl groups excluding tert-OH is 1. The highest BCUT2D eigenvalue weighted by Gasteiger charge is 2.39. The van der Waals surface area contributed by atoms with E-state index in [2.05, 4.69) is 10.2 Å². The number of carboxylic acids is 1. The summed E-state index contributed by atoms with van der Waals surface area (Å²) in [5.74, 6) is -0.779. The van der Waals surface area contributed by atoms with Gasteiger partial charge >= 0.3 is 5.97 Å². The van der Waals surface area contributed by atoms with E-state index in [-0.39, 0.29) is 6.42 Å². The smallest absolute Gasteiger partial charge is 0.303 e. The van der Waals surface area contributed by atoms with Gasteiger partial charge < -0.3 is 20.4 Å². The first-order valence-corrected chi connectivity index (χ1v) is 7.37. The van der Waals surface area contributed by atoms with E-state index in [1.807, 2.05) is 29.2 Å². The van der Waals surface area contributed by atoms with Gasteiger partial charge in [0.1, 0.15) is 0 Å². The molecule has 0 amide bonds. The highest BCUT2D eigenvalue weighted by atomic mass is 16.4. The van der Waals surface area contributed by atoms with E-state index in [1.54, 1.807) is 0 Å². The maximum Gasteiger partial charge on any atom is 0.303 e. The Kier molecular flexibility index (Phi) is 4.10. The first-order valence-electron chi connectivity index (χ1n) is 7.37. The molecule has 21 heavy (non-hydrogen) atoms. The van der Waals surface area contributed by atoms with Crippen LogP contribution in [0.15, 0.2) is 24.3 Å². The molecule has 1 unspecified atom stereocenters. The van der Waals surface area contributed by atoms with Gasteiger partial charge in [0.05, 0.1) is 0 Å². The summed E-state index contributed by atoms with van der Waals surface area (Å²) < 4.78 is 0. The third-order valence-corrected chi connectivity index (χ3v) is 4.27. The number of anilines is 1. The van der Waals surface area contributed by atoms with Gasteiger partial charge in [-0.1, -0.05) is 12.1 Å². The maximum atomic E-state index is 10.6. The third-order valence-electron chi connectivity index (χ3n) is 4.27. The number of aliphatic hydroxyl groups is 1. The predicted molar refractivity (Wildman–Crippen MR) is 79.1 cm³/mol. The molecule has 2 aliphatic heterocycles. The molecule has 3 N–H and O–H groups in total. The average molecular weight is 291 g/mol. The van der Waals surface area contributed by atoms with Crippen LogP contribution in [0.5, 0.6) is 0 Å². The van der Waals surface area contributed by atoms with Crippen molar-refractivity contribution in [2.24, 2.45) is 0 Å². The second kappa shape index (κ2) is 6.01. The van der Waals surface area contributed by atoms with Gasteiger partial charge in [0.2, 0.25) is 0 Å². The lowest BCUT2D eigenvalue weighted by atomic mass is 10.1. The van der Waals surface area contributed by atoms with Crippen LogP contribution in [0.3, 0.4) is 0 Å². The van der Waals surface area contributed by atoms with Crippen molar-refractivity contribution in [2.45, 2.75) is 25.2 Å². The second-order valence-corrected chi connectivity index (χ2v) is 5.65. The Morgan fingerprint density at radius 2 is 2.10 bits per heavy atom. The van der Waals surface area contributed by atoms with Gasteiger partial charge in [-0.2, -0.15) is 0 Å². The molecule has 0 aromatic heterocycles. The van der Waals surface area contributed by atoms with Crippen molar-refractivity contribution in [3.63, 3.8) is 0 Å². The van der Waals surface area contributed by atoms with E-state index in [1.165, 1.54) is 0 Å². The Labute approximate surface area is 124 Å². The molecule has 2 fully saturated rings. The normalized spacial score (nSPS) is 25.9. The van der Waals surface area contributed by atoms with Crippen LogP contribution in [0.1, 0.15) is 12.0 Å². The summed E-state index contributed by atoms with van der Waals surface area (Å²) in [7, 11) is 0. The van der Waals surface area contributed by atoms with Gasteiger partial charge in [-0.05, 0) is 24.1 Å². The van der Waals surface area contributed by atoms with Crippen molar-refractivity contribution >= 4 is 11.7 Å². The molecule has 0 aliphatic carbocycles. The number of rotatable bonds is 4. The van der Waals surface area contributed by atoms with Gasteiger partial charge in [-0.15, -0.1) is 0 Å². The minimum atomic E-state index is -0.779. The largest absolute Gasteiger partial charge is 0.481 e. The Morgan fingerprint density at radius 3 is 2.76 bits per heavy atom. The minimum absolute atomic E-state index is 0.146. The molecule has 2 aliphatic rings. The fourth-order valence-corrected chi connectivity index (χ4v) is 3.09. The number of aryl methyl sites for hydroxylation is 1. The lowest BCUT2D eigenvalue weighted by Gasteiger charge is -2.31. The number of carboxylic acid groups (broad SMARTS) is 1. The van der Waals surface area contributed by atoms with Crippen molar-refractivity contribution in [3.05, 3.63) is 29.8 Å². The van der Waals surface area contributed by atoms with Crippen LogP contribution in [-0.4, -0.2) is 59.7 Å². The van der Waals surface area contributed by atoms with E-state index in [4.69, 9.17) is 5.11 Å². The van der Waals surface area contributed by atoms with E-state index in [9.17, 15) is 9.90 Å². The summed E-state index contributed by atoms with van der Waals surface area (Å²) in [4.78, 5) is 14.7. The van der Waals surface area contributed by atoms with Crippen LogP contribution in [0.4, 0.5) is 5.69 Å². The SMILES string of the molecule is O=C(O)CCc1ccc(N2C[C@@H]3CNCCN3C2O)cc1. The zero-order chi connectivity index (χ0) is 14.8. The third kappa shape index (κ3) is 3.02. The van der Waals surface area contributed by atoms with Crippen LogP contribution >= 0.6 is 0 Å². The zero-order valence-electron chi connectivity index (χ0n) is 11.9. The molecular formula is C15H21N3O3. The van der Waals surface area contributed by atoms with Crippen LogP contribution in [0, 0.1) is 0 Å². The van der Waals surface area contributed by atoms with Gasteiger partial charge in [-0.3, -0.25) is 9.69 Å². The highest BCUT2D eigenvalue weighted by molar-refractivity contribution is 5.67. The fraction of sp³-hybridized carbons (Fsp3) is 0.533. The Hall–Kier alpha value is -1.63. The molecule has 2 atom stereocenters. The number of piperazine rings is 1. The van der Waals surface area contributed by atoms with Gasteiger partial charge in [-0.25, -0.2) is 0 Å². The molecule has 3 rings (SSSR count). The van der Waals surface area contributed by atoms with Crippen molar-refractivity contribution in [2.75, 3.05) is 31.1 Å². The summed E-state index contributed by atoms with van der Waals surface area (Å²) >= 11 is 0. The molecule has 6 heteroatoms. The number of carbonyl (C=O) groups is 1. The van der Waals surface area contributed by atoms with Crippen molar-refractivity contribution in [1.29, 1.82) is 0 Å². The molecule has 6 nitrogen and oxygen atoms in total. The quantitative estimate of drug-likeness (QED) is 0.729. The molecule has 0 saturated carbocycles. The van der Waals surface area contributed by atoms with Crippen LogP contribution in [0.25, 0.3) is 0 Å². The lowest BCUT2D eigenvalue weighted by molar-refractivity contribution is -0.136. The number of aliphatic carboxylic acids is 1. The molecule has 2 heterocycles. The summed E-state index contributed by atoms with van der Waals surface area (Å²) in [6.07, 6.45) is 0.117. The Bertz CT molecular complexity index is 505. The van der Waals surface area contributed by atoms with E-state index < -0.39 is 12.3 Å². The molecule has 0 bridgehead atoms. The van der Waals surface area contributed by atoms with Crippen LogP contribution in [0.2, 0.25) is 0 Å². The molecular weight excluding hydrogens is 270 g/mol. The van der Waals surface area contributed by atoms with Crippen LogP contribution in [-0.2, 0) is 11.2 Å². The van der Waals surface area contributed by atoms with Crippen LogP contribution < -0.4 is 10.2 Å². The summed E-state index contributed by atoms with van der Waals surface area (Å²) in [6.45, 7) is 3.49. The van der Waals surface area contributed by atoms with Gasteiger partial charge in [0.25, 0.3) is 0 Å². The molecule has 0 radical (unpaired) electrons. The van der Waals surface area contributed by atoms with E-state index in [0.717, 1.165) is 37.4 Å². The number of hydrogen-bond donors (Lipinski definition) is 3. The number of benzene rings is 1. The molecule has 1 aromatic rings. The summed E-state index contributed by atoms with van der Waals surface area (Å²) in [5.41, 5.74) is 1.99. The summed E-state index contributed by atoms with van der Waals surface area (Å²) in [6, 6.07) is 8.17. The highest BCUT2D eigenvalue weighted by Crippen LogP contribution is 2.27. The standard InChI is InChI=1S/C15H21N3O3/c19-14(20)6-3-11-1-4-12(5-2-11)18-10-13-9-16-7-8-17(13)15(18)21/h1-2,4-5,13,15-16,21H,3,6-10H2,(H,19,20)/t13-,15?/m0/s1. The number of fused-ring (bicyclic) bond motifs is 1. The molecule has 1 aromatic carbocycles. The zero-order valence-corrected chi connectivity index (χ0v) is 11.9. The van der Waals surface area contributed by atoms with Gasteiger partial charge in [0.15, 0.2) is 6.35 Å². The first-order chi connectivity index (χ1) is 10.1. The lowest BCUT2D eigenvalue weighted by Crippen LogP contribution is -2.51. The predicted octanol–water partition coefficient (Wildman–Crippen LogP) is 0.0735. The van der Waals surface area contributed by atoms with Gasteiger partial charge in [0, 0.05) is 44.3 Å². The number of nitrogens with one attached hydrogen (secondary N) is 1. The van der Waals surface area contributed by atoms with Crippen molar-refractivity contribution < 1.29 is 15.0 Å². The average Bonchev–Trinajstić information content (AvgIpc) is 2.83. The van der Waals surface area contributed by atoms with Crippen molar-refractivity contribution in [3.8, 4) is 0 Å². The van der Waals surface area contributed by atoms with E-state index >= 15 is 0 Å². The summed E-state index contributed by atoms with van der Waals surface area (Å²) in [5, 5.41) is 22.5. The number of nitrogens with zero attached hydrogens (tertiary/aromatic N) is 2. The topological polar surface area (TPSA) is 76.0 Å². The molecule has 0 spiro atoms. The Morgan fingerprint density at radius 1 is 1.33 bits per heavy atom. The molecule has 114 valence electrons. The Balaban J connectivity index is 1.68. The number of hydrogen-bond acceptors (Lipinski definition) is 5. The van der Waals surface area contributed by atoms with Crippen molar-refractivity contribution in [1.82, 2.24) is 10.2 Å². The monoisotopic (exact) mass is 291 g/mol. The van der Waals surface area contributed by atoms with E-state index in [0.29, 0.717) is 12.5 Å². The molecule has 2 saturated heterocycles. The second-order valence-electron chi connectivity index (χ2n) is 5.65. The maximum absolute atomic E-state index is 10.6. The first kappa shape index (κ1) is 14.3.